The normalized spacial score (nSPS) is 15.3. The Morgan fingerprint density at radius 1 is 1.05 bits per heavy atom. The summed E-state index contributed by atoms with van der Waals surface area (Å²) in [6, 6.07) is 22.7. The molecule has 0 saturated carbocycles. The third-order valence-electron chi connectivity index (χ3n) is 7.17. The summed E-state index contributed by atoms with van der Waals surface area (Å²) in [6.07, 6.45) is 3.95. The van der Waals surface area contributed by atoms with Crippen molar-refractivity contribution >= 4 is 40.0 Å². The maximum absolute atomic E-state index is 14.1. The zero-order valence-corrected chi connectivity index (χ0v) is 23.7. The van der Waals surface area contributed by atoms with Gasteiger partial charge in [-0.2, -0.15) is 0 Å². The smallest absolute Gasteiger partial charge is 0.338 e. The minimum atomic E-state index is -0.847. The van der Waals surface area contributed by atoms with E-state index in [1.807, 2.05) is 54.6 Å². The molecule has 1 atom stereocenters. The summed E-state index contributed by atoms with van der Waals surface area (Å²) in [5, 5.41) is 1.04. The van der Waals surface area contributed by atoms with Crippen LogP contribution in [-0.2, 0) is 9.53 Å². The highest BCUT2D eigenvalue weighted by Crippen LogP contribution is 2.35. The minimum Gasteiger partial charge on any atom is -0.463 e. The van der Waals surface area contributed by atoms with Crippen molar-refractivity contribution in [1.82, 2.24) is 9.13 Å². The second kappa shape index (κ2) is 10.8. The molecule has 3 heterocycles. The quantitative estimate of drug-likeness (QED) is 0.252. The number of rotatable bonds is 6. The third kappa shape index (κ3) is 4.74. The van der Waals surface area contributed by atoms with Crippen LogP contribution in [-0.4, -0.2) is 21.7 Å². The predicted molar refractivity (Wildman–Crippen MR) is 160 cm³/mol. The van der Waals surface area contributed by atoms with Gasteiger partial charge in [-0.1, -0.05) is 72.0 Å². The molecule has 0 amide bonds. The first-order valence-corrected chi connectivity index (χ1v) is 14.3. The lowest BCUT2D eigenvalue weighted by molar-refractivity contribution is -0.138. The van der Waals surface area contributed by atoms with Gasteiger partial charge in [0.05, 0.1) is 28.5 Å². The molecule has 1 aliphatic rings. The van der Waals surface area contributed by atoms with Gasteiger partial charge in [-0.05, 0) is 50.6 Å². The van der Waals surface area contributed by atoms with Gasteiger partial charge in [0.25, 0.3) is 5.56 Å². The Labute approximate surface area is 240 Å². The molecule has 1 aliphatic heterocycles. The predicted octanol–water partition coefficient (Wildman–Crippen LogP) is 5.61. The molecule has 8 heteroatoms. The van der Waals surface area contributed by atoms with E-state index in [0.717, 1.165) is 22.0 Å². The van der Waals surface area contributed by atoms with Gasteiger partial charge >= 0.3 is 5.97 Å². The van der Waals surface area contributed by atoms with Crippen molar-refractivity contribution in [1.29, 1.82) is 0 Å². The number of ether oxygens (including phenoxy) is 1. The maximum atomic E-state index is 14.1. The van der Waals surface area contributed by atoms with Crippen LogP contribution in [0, 0.1) is 5.82 Å². The molecule has 2 aromatic heterocycles. The van der Waals surface area contributed by atoms with E-state index in [1.54, 1.807) is 19.1 Å². The average Bonchev–Trinajstić information content (AvgIpc) is 3.50. The highest BCUT2D eigenvalue weighted by atomic mass is 32.1. The number of thiazole rings is 1. The molecule has 0 N–H and O–H groups in total. The molecule has 0 spiro atoms. The molecule has 0 bridgehead atoms. The summed E-state index contributed by atoms with van der Waals surface area (Å²) in [7, 11) is 0. The van der Waals surface area contributed by atoms with Crippen LogP contribution in [0.15, 0.2) is 100 Å². The molecular formula is C33H28FN3O3S. The topological polar surface area (TPSA) is 65.6 Å². The molecule has 0 fully saturated rings. The number of halogens is 1. The fraction of sp³-hybridized carbons (Fsp3) is 0.182. The van der Waals surface area contributed by atoms with E-state index in [-0.39, 0.29) is 23.8 Å². The van der Waals surface area contributed by atoms with Gasteiger partial charge in [0.15, 0.2) is 4.80 Å². The van der Waals surface area contributed by atoms with Crippen molar-refractivity contribution < 1.29 is 13.9 Å². The van der Waals surface area contributed by atoms with Crippen molar-refractivity contribution in [3.8, 4) is 0 Å². The Morgan fingerprint density at radius 3 is 2.46 bits per heavy atom. The maximum Gasteiger partial charge on any atom is 0.338 e. The van der Waals surface area contributed by atoms with E-state index in [2.05, 4.69) is 30.7 Å². The van der Waals surface area contributed by atoms with Gasteiger partial charge in [0.2, 0.25) is 0 Å². The number of para-hydroxylation sites is 1. The van der Waals surface area contributed by atoms with Crippen LogP contribution in [0.3, 0.4) is 0 Å². The Hall–Kier alpha value is -4.56. The van der Waals surface area contributed by atoms with Crippen LogP contribution in [0.1, 0.15) is 49.5 Å². The lowest BCUT2D eigenvalue weighted by Gasteiger charge is -2.25. The van der Waals surface area contributed by atoms with E-state index in [0.29, 0.717) is 20.6 Å². The van der Waals surface area contributed by atoms with Gasteiger partial charge < -0.3 is 9.30 Å². The Balaban J connectivity index is 1.65. The SMILES string of the molecule is CCOC(=O)C1=C(c2ccccc2)N=c2s/c(=C\c3cn(C(C)C)c4ccccc34)c(=O)n2[C@@H]1c1ccc(F)cc1. The summed E-state index contributed by atoms with van der Waals surface area (Å²) in [4.78, 5) is 33.0. The van der Waals surface area contributed by atoms with Crippen LogP contribution in [0.5, 0.6) is 0 Å². The molecule has 0 unspecified atom stereocenters. The summed E-state index contributed by atoms with van der Waals surface area (Å²) >= 11 is 1.27. The van der Waals surface area contributed by atoms with Crippen molar-refractivity contribution in [2.45, 2.75) is 32.9 Å². The number of carbonyl (C=O) groups excluding carboxylic acids is 1. The van der Waals surface area contributed by atoms with Gasteiger partial charge in [-0.25, -0.2) is 14.2 Å². The van der Waals surface area contributed by atoms with Crippen molar-refractivity contribution in [2.24, 2.45) is 4.99 Å². The first-order chi connectivity index (χ1) is 19.9. The third-order valence-corrected chi connectivity index (χ3v) is 8.16. The molecule has 206 valence electrons. The number of nitrogens with zero attached hydrogens (tertiary/aromatic N) is 3. The van der Waals surface area contributed by atoms with E-state index in [1.165, 1.54) is 28.0 Å². The minimum absolute atomic E-state index is 0.158. The standard InChI is InChI=1S/C33H28FN3O3S/c1-4-40-32(39)28-29(21-10-6-5-7-11-21)35-33-37(30(28)22-14-16-24(34)17-15-22)31(38)27(41-33)18-23-19-36(20(2)3)26-13-9-8-12-25(23)26/h5-20,30H,4H2,1-3H3/b27-18-/t30-/m1/s1. The molecule has 41 heavy (non-hydrogen) atoms. The zero-order valence-electron chi connectivity index (χ0n) is 22.9. The van der Waals surface area contributed by atoms with Crippen LogP contribution in [0.2, 0.25) is 0 Å². The number of hydrogen-bond donors (Lipinski definition) is 0. The number of carbonyl (C=O) groups is 1. The summed E-state index contributed by atoms with van der Waals surface area (Å²) in [5.41, 5.74) is 3.70. The average molecular weight is 566 g/mol. The lowest BCUT2D eigenvalue weighted by Crippen LogP contribution is -2.40. The fourth-order valence-corrected chi connectivity index (χ4v) is 6.31. The highest BCUT2D eigenvalue weighted by Gasteiger charge is 2.35. The Morgan fingerprint density at radius 2 is 1.76 bits per heavy atom. The van der Waals surface area contributed by atoms with E-state index >= 15 is 0 Å². The number of benzene rings is 3. The van der Waals surface area contributed by atoms with Gasteiger partial charge in [-0.15, -0.1) is 0 Å². The number of fused-ring (bicyclic) bond motifs is 2. The summed E-state index contributed by atoms with van der Waals surface area (Å²) in [5.74, 6) is -0.980. The van der Waals surface area contributed by atoms with E-state index < -0.39 is 17.8 Å². The second-order valence-electron chi connectivity index (χ2n) is 10.1. The van der Waals surface area contributed by atoms with E-state index in [9.17, 15) is 14.0 Å². The van der Waals surface area contributed by atoms with Crippen LogP contribution in [0.4, 0.5) is 4.39 Å². The second-order valence-corrected chi connectivity index (χ2v) is 11.1. The molecule has 3 aromatic carbocycles. The number of hydrogen-bond acceptors (Lipinski definition) is 5. The zero-order chi connectivity index (χ0) is 28.7. The molecule has 6 rings (SSSR count). The number of esters is 1. The first-order valence-electron chi connectivity index (χ1n) is 13.5. The molecule has 0 aliphatic carbocycles. The van der Waals surface area contributed by atoms with Gasteiger partial charge in [-0.3, -0.25) is 9.36 Å². The molecule has 5 aromatic rings. The molecule has 0 radical (unpaired) electrons. The molecule has 0 saturated heterocycles. The van der Waals surface area contributed by atoms with Crippen molar-refractivity contribution in [3.05, 3.63) is 133 Å². The van der Waals surface area contributed by atoms with E-state index in [4.69, 9.17) is 9.73 Å². The Kier molecular flexibility index (Phi) is 7.01. The van der Waals surface area contributed by atoms with Crippen molar-refractivity contribution in [3.63, 3.8) is 0 Å². The van der Waals surface area contributed by atoms with Crippen LogP contribution >= 0.6 is 11.3 Å². The van der Waals surface area contributed by atoms with Gasteiger partial charge in [0.1, 0.15) is 5.82 Å². The molecule has 6 nitrogen and oxygen atoms in total. The van der Waals surface area contributed by atoms with Crippen LogP contribution < -0.4 is 14.9 Å². The fourth-order valence-electron chi connectivity index (χ4n) is 5.32. The van der Waals surface area contributed by atoms with Gasteiger partial charge in [0, 0.05) is 34.3 Å². The summed E-state index contributed by atoms with van der Waals surface area (Å²) < 4.78 is 23.7. The van der Waals surface area contributed by atoms with Crippen LogP contribution in [0.25, 0.3) is 22.7 Å². The highest BCUT2D eigenvalue weighted by molar-refractivity contribution is 7.07. The Bertz CT molecular complexity index is 1980. The largest absolute Gasteiger partial charge is 0.463 e. The van der Waals surface area contributed by atoms with Crippen molar-refractivity contribution in [2.75, 3.05) is 6.61 Å². The summed E-state index contributed by atoms with van der Waals surface area (Å²) in [6.45, 7) is 6.13. The first kappa shape index (κ1) is 26.7. The molecular weight excluding hydrogens is 537 g/mol. The monoisotopic (exact) mass is 565 g/mol. The lowest BCUT2D eigenvalue weighted by atomic mass is 9.93. The number of aromatic nitrogens is 2.